The molecule has 1 heterocycles. The highest BCUT2D eigenvalue weighted by Crippen LogP contribution is 2.32. The van der Waals surface area contributed by atoms with Crippen molar-refractivity contribution >= 4 is 16.7 Å². The van der Waals surface area contributed by atoms with Crippen LogP contribution < -0.4 is 10.1 Å². The Balaban J connectivity index is 1.57. The molecule has 1 N–H and O–H groups in total. The summed E-state index contributed by atoms with van der Waals surface area (Å²) in [6.07, 6.45) is 3.01. The molecule has 4 aromatic rings. The van der Waals surface area contributed by atoms with Crippen molar-refractivity contribution in [2.45, 2.75) is 13.0 Å². The Bertz CT molecular complexity index is 1310. The second kappa shape index (κ2) is 9.09. The molecule has 0 radical (unpaired) electrons. The van der Waals surface area contributed by atoms with Gasteiger partial charge in [-0.2, -0.15) is 0 Å². The Labute approximate surface area is 182 Å². The molecule has 0 aliphatic carbocycles. The van der Waals surface area contributed by atoms with E-state index in [9.17, 15) is 18.0 Å². The summed E-state index contributed by atoms with van der Waals surface area (Å²) in [7, 11) is 1.61. The number of carbonyl (C=O) groups excluding carboxylic acids is 1. The van der Waals surface area contributed by atoms with Crippen LogP contribution in [0.2, 0.25) is 0 Å². The van der Waals surface area contributed by atoms with Crippen LogP contribution in [0.15, 0.2) is 67.0 Å². The first-order valence-corrected chi connectivity index (χ1v) is 9.86. The molecule has 0 atom stereocenters. The molecule has 0 saturated carbocycles. The van der Waals surface area contributed by atoms with Crippen LogP contribution in [0.25, 0.3) is 21.9 Å². The Morgan fingerprint density at radius 3 is 2.56 bits per heavy atom. The number of amides is 1. The van der Waals surface area contributed by atoms with Gasteiger partial charge in [0, 0.05) is 36.0 Å². The summed E-state index contributed by atoms with van der Waals surface area (Å²) in [5.74, 6) is -3.22. The normalized spacial score (nSPS) is 10.9. The van der Waals surface area contributed by atoms with E-state index in [1.807, 2.05) is 42.5 Å². The highest BCUT2D eigenvalue weighted by molar-refractivity contribution is 5.98. The first kappa shape index (κ1) is 21.4. The molecule has 4 nitrogen and oxygen atoms in total. The van der Waals surface area contributed by atoms with Crippen molar-refractivity contribution in [2.75, 3.05) is 7.11 Å². The number of hydrogen-bond acceptors (Lipinski definition) is 3. The highest BCUT2D eigenvalue weighted by atomic mass is 19.2. The Kier molecular flexibility index (Phi) is 6.07. The third-order valence-electron chi connectivity index (χ3n) is 5.21. The fourth-order valence-electron chi connectivity index (χ4n) is 3.57. The maximum atomic E-state index is 13.8. The topological polar surface area (TPSA) is 51.2 Å². The van der Waals surface area contributed by atoms with E-state index in [2.05, 4.69) is 10.3 Å². The van der Waals surface area contributed by atoms with E-state index in [-0.39, 0.29) is 12.1 Å². The summed E-state index contributed by atoms with van der Waals surface area (Å²) in [5.41, 5.74) is 2.57. The summed E-state index contributed by atoms with van der Waals surface area (Å²) in [6.45, 7) is 0.171. The third kappa shape index (κ3) is 4.42. The van der Waals surface area contributed by atoms with Crippen molar-refractivity contribution in [3.8, 4) is 16.9 Å². The maximum Gasteiger partial charge on any atom is 0.224 e. The van der Waals surface area contributed by atoms with Gasteiger partial charge in [0.1, 0.15) is 11.6 Å². The Morgan fingerprint density at radius 1 is 0.938 bits per heavy atom. The average Bonchev–Trinajstić information content (AvgIpc) is 2.81. The molecule has 162 valence electrons. The van der Waals surface area contributed by atoms with Crippen molar-refractivity contribution in [2.24, 2.45) is 0 Å². The van der Waals surface area contributed by atoms with Gasteiger partial charge in [0.25, 0.3) is 0 Å². The molecule has 4 rings (SSSR count). The summed E-state index contributed by atoms with van der Waals surface area (Å²) in [4.78, 5) is 16.5. The number of nitrogens with one attached hydrogen (secondary N) is 1. The molecule has 0 aliphatic rings. The molecule has 1 aromatic heterocycles. The van der Waals surface area contributed by atoms with E-state index >= 15 is 0 Å². The monoisotopic (exact) mass is 436 g/mol. The van der Waals surface area contributed by atoms with Crippen LogP contribution in [0.3, 0.4) is 0 Å². The van der Waals surface area contributed by atoms with E-state index in [4.69, 9.17) is 4.74 Å². The van der Waals surface area contributed by atoms with Gasteiger partial charge in [0.15, 0.2) is 11.6 Å². The number of fused-ring (bicyclic) bond motifs is 1. The second-order valence-corrected chi connectivity index (χ2v) is 7.24. The van der Waals surface area contributed by atoms with Gasteiger partial charge in [-0.1, -0.05) is 24.3 Å². The molecule has 3 aromatic carbocycles. The molecular weight excluding hydrogens is 417 g/mol. The van der Waals surface area contributed by atoms with Gasteiger partial charge in [0.05, 0.1) is 13.5 Å². The first-order chi connectivity index (χ1) is 15.5. The Morgan fingerprint density at radius 2 is 1.75 bits per heavy atom. The number of pyridine rings is 1. The van der Waals surface area contributed by atoms with Crippen LogP contribution in [-0.2, 0) is 17.8 Å². The van der Waals surface area contributed by atoms with Gasteiger partial charge in [0.2, 0.25) is 5.91 Å². The van der Waals surface area contributed by atoms with Crippen molar-refractivity contribution in [1.82, 2.24) is 10.3 Å². The molecule has 0 bridgehead atoms. The minimum atomic E-state index is -1.29. The number of rotatable bonds is 6. The summed E-state index contributed by atoms with van der Waals surface area (Å²) in [6, 6.07) is 14.6. The maximum absolute atomic E-state index is 13.8. The lowest BCUT2D eigenvalue weighted by Gasteiger charge is -2.13. The molecule has 0 unspecified atom stereocenters. The average molecular weight is 436 g/mol. The first-order valence-electron chi connectivity index (χ1n) is 9.86. The molecule has 1 amide bonds. The van der Waals surface area contributed by atoms with Crippen molar-refractivity contribution in [1.29, 1.82) is 0 Å². The molecule has 7 heteroatoms. The van der Waals surface area contributed by atoms with E-state index in [0.717, 1.165) is 33.2 Å². The van der Waals surface area contributed by atoms with Gasteiger partial charge in [-0.25, -0.2) is 13.2 Å². The zero-order valence-corrected chi connectivity index (χ0v) is 17.2. The van der Waals surface area contributed by atoms with Gasteiger partial charge in [-0.15, -0.1) is 0 Å². The zero-order valence-electron chi connectivity index (χ0n) is 17.2. The van der Waals surface area contributed by atoms with Crippen molar-refractivity contribution in [3.05, 3.63) is 95.6 Å². The standard InChI is InChI=1S/C25H19F3N2O2/c1-32-18-4-2-3-15(9-18)19-6-5-16(21-14-29-8-7-20(19)21)13-30-25(31)11-17-10-23(27)24(28)12-22(17)26/h2-10,12,14H,11,13H2,1H3,(H,30,31). The minimum absolute atomic E-state index is 0.171. The second-order valence-electron chi connectivity index (χ2n) is 7.24. The van der Waals surface area contributed by atoms with Crippen LogP contribution in [0.1, 0.15) is 11.1 Å². The number of nitrogens with zero attached hydrogens (tertiary/aromatic N) is 1. The molecule has 0 spiro atoms. The smallest absolute Gasteiger partial charge is 0.224 e. The number of methoxy groups -OCH3 is 1. The largest absolute Gasteiger partial charge is 0.497 e. The van der Waals surface area contributed by atoms with Crippen molar-refractivity contribution < 1.29 is 22.7 Å². The number of ether oxygens (including phenoxy) is 1. The van der Waals surface area contributed by atoms with Crippen LogP contribution in [0.4, 0.5) is 13.2 Å². The van der Waals surface area contributed by atoms with E-state index in [1.165, 1.54) is 0 Å². The van der Waals surface area contributed by atoms with Gasteiger partial charge in [-0.3, -0.25) is 9.78 Å². The number of carbonyl (C=O) groups is 1. The summed E-state index contributed by atoms with van der Waals surface area (Å²) < 4.78 is 45.6. The van der Waals surface area contributed by atoms with Crippen LogP contribution in [-0.4, -0.2) is 18.0 Å². The number of hydrogen-bond donors (Lipinski definition) is 1. The van der Waals surface area contributed by atoms with E-state index in [1.54, 1.807) is 19.5 Å². The molecule has 0 aliphatic heterocycles. The third-order valence-corrected chi connectivity index (χ3v) is 5.21. The van der Waals surface area contributed by atoms with Gasteiger partial charge in [-0.05, 0) is 46.3 Å². The van der Waals surface area contributed by atoms with Gasteiger partial charge < -0.3 is 10.1 Å². The molecule has 0 saturated heterocycles. The predicted molar refractivity (Wildman–Crippen MR) is 116 cm³/mol. The van der Waals surface area contributed by atoms with Crippen LogP contribution >= 0.6 is 0 Å². The van der Waals surface area contributed by atoms with Crippen LogP contribution in [0, 0.1) is 17.5 Å². The van der Waals surface area contributed by atoms with E-state index < -0.39 is 29.8 Å². The lowest BCUT2D eigenvalue weighted by Crippen LogP contribution is -2.25. The molecular formula is C25H19F3N2O2. The van der Waals surface area contributed by atoms with Crippen LogP contribution in [0.5, 0.6) is 5.75 Å². The number of benzene rings is 3. The lowest BCUT2D eigenvalue weighted by atomic mass is 9.96. The fraction of sp³-hybridized carbons (Fsp3) is 0.120. The summed E-state index contributed by atoms with van der Waals surface area (Å²) >= 11 is 0. The Hall–Kier alpha value is -3.87. The minimum Gasteiger partial charge on any atom is -0.497 e. The fourth-order valence-corrected chi connectivity index (χ4v) is 3.57. The van der Waals surface area contributed by atoms with E-state index in [0.29, 0.717) is 12.1 Å². The lowest BCUT2D eigenvalue weighted by molar-refractivity contribution is -0.120. The molecule has 0 fully saturated rings. The summed E-state index contributed by atoms with van der Waals surface area (Å²) in [5, 5.41) is 4.51. The SMILES string of the molecule is COc1cccc(-c2ccc(CNC(=O)Cc3cc(F)c(F)cc3F)c3cnccc23)c1. The van der Waals surface area contributed by atoms with Crippen molar-refractivity contribution in [3.63, 3.8) is 0 Å². The highest BCUT2D eigenvalue weighted by Gasteiger charge is 2.14. The molecule has 32 heavy (non-hydrogen) atoms. The number of aromatic nitrogens is 1. The zero-order chi connectivity index (χ0) is 22.7. The van der Waals surface area contributed by atoms with Gasteiger partial charge >= 0.3 is 0 Å². The predicted octanol–water partition coefficient (Wildman–Crippen LogP) is 5.19. The number of halogens is 3. The quantitative estimate of drug-likeness (QED) is 0.424.